The fourth-order valence-corrected chi connectivity index (χ4v) is 1.72. The second-order valence-corrected chi connectivity index (χ2v) is 4.50. The van der Waals surface area contributed by atoms with Crippen LogP contribution < -0.4 is 10.1 Å². The molecule has 20 heavy (non-hydrogen) atoms. The second-order valence-electron chi connectivity index (χ2n) is 3.69. The molecule has 0 saturated carbocycles. The van der Waals surface area contributed by atoms with Crippen molar-refractivity contribution in [3.8, 4) is 11.9 Å². The molecule has 0 atom stereocenters. The first-order chi connectivity index (χ1) is 9.69. The number of rotatable bonds is 2. The molecule has 0 aliphatic carbocycles. The molecular formula is C14H9Cl2N3O. The molecule has 0 bridgehead atoms. The number of amidine groups is 1. The number of anilines is 1. The summed E-state index contributed by atoms with van der Waals surface area (Å²) >= 11 is 11.8. The molecule has 0 radical (unpaired) electrons. The molecule has 0 amide bonds. The molecule has 0 aliphatic rings. The van der Waals surface area contributed by atoms with E-state index < -0.39 is 0 Å². The second kappa shape index (κ2) is 6.80. The highest BCUT2D eigenvalue weighted by Crippen LogP contribution is 2.25. The fourth-order valence-electron chi connectivity index (χ4n) is 1.42. The third-order valence-corrected chi connectivity index (χ3v) is 3.02. The van der Waals surface area contributed by atoms with Gasteiger partial charge in [-0.2, -0.15) is 5.26 Å². The Labute approximate surface area is 126 Å². The highest BCUT2D eigenvalue weighted by molar-refractivity contribution is 6.42. The van der Waals surface area contributed by atoms with Crippen LogP contribution in [0.4, 0.5) is 5.69 Å². The Morgan fingerprint density at radius 2 is 1.85 bits per heavy atom. The summed E-state index contributed by atoms with van der Waals surface area (Å²) in [4.78, 5) is 3.58. The Hall–Kier alpha value is -2.22. The van der Waals surface area contributed by atoms with Crippen LogP contribution in [-0.2, 0) is 0 Å². The number of nitriles is 1. The topological polar surface area (TPSA) is 57.4 Å². The maximum absolute atomic E-state index is 8.69. The van der Waals surface area contributed by atoms with Crippen LogP contribution in [0.5, 0.6) is 5.75 Å². The summed E-state index contributed by atoms with van der Waals surface area (Å²) in [6.07, 6.45) is 1.68. The number of nitrogens with one attached hydrogen (secondary N) is 1. The average molecular weight is 306 g/mol. The molecular weight excluding hydrogens is 297 g/mol. The van der Waals surface area contributed by atoms with Gasteiger partial charge in [0, 0.05) is 5.69 Å². The van der Waals surface area contributed by atoms with E-state index in [4.69, 9.17) is 33.2 Å². The minimum Gasteiger partial charge on any atom is -0.425 e. The van der Waals surface area contributed by atoms with E-state index in [1.807, 2.05) is 18.2 Å². The van der Waals surface area contributed by atoms with E-state index in [0.717, 1.165) is 0 Å². The van der Waals surface area contributed by atoms with Gasteiger partial charge < -0.3 is 10.1 Å². The molecule has 0 fully saturated rings. The molecule has 0 aliphatic heterocycles. The lowest BCUT2D eigenvalue weighted by atomic mass is 10.3. The van der Waals surface area contributed by atoms with Gasteiger partial charge in [-0.1, -0.05) is 41.4 Å². The van der Waals surface area contributed by atoms with E-state index in [-0.39, 0.29) is 6.02 Å². The van der Waals surface area contributed by atoms with Crippen LogP contribution >= 0.6 is 23.2 Å². The van der Waals surface area contributed by atoms with Gasteiger partial charge in [0.25, 0.3) is 0 Å². The van der Waals surface area contributed by atoms with Crippen molar-refractivity contribution in [2.75, 3.05) is 5.32 Å². The molecule has 6 heteroatoms. The van der Waals surface area contributed by atoms with Gasteiger partial charge in [-0.15, -0.1) is 4.99 Å². The largest absolute Gasteiger partial charge is 0.425 e. The molecule has 0 spiro atoms. The molecule has 2 aromatic carbocycles. The molecule has 1 N–H and O–H groups in total. The van der Waals surface area contributed by atoms with Crippen LogP contribution in [0.1, 0.15) is 0 Å². The number of benzene rings is 2. The van der Waals surface area contributed by atoms with E-state index in [1.165, 1.54) is 0 Å². The van der Waals surface area contributed by atoms with E-state index in [2.05, 4.69) is 10.3 Å². The van der Waals surface area contributed by atoms with Crippen molar-refractivity contribution in [3.05, 3.63) is 58.6 Å². The van der Waals surface area contributed by atoms with E-state index in [1.54, 1.807) is 36.5 Å². The van der Waals surface area contributed by atoms with Gasteiger partial charge >= 0.3 is 6.02 Å². The number of para-hydroxylation sites is 1. The first-order valence-electron chi connectivity index (χ1n) is 5.61. The van der Waals surface area contributed by atoms with Crippen LogP contribution in [0.25, 0.3) is 0 Å². The highest BCUT2D eigenvalue weighted by Gasteiger charge is 2.05. The van der Waals surface area contributed by atoms with Gasteiger partial charge in [-0.05, 0) is 30.3 Å². The lowest BCUT2D eigenvalue weighted by molar-refractivity contribution is 0.549. The van der Waals surface area contributed by atoms with Gasteiger partial charge in [0.05, 0.1) is 10.0 Å². The molecule has 0 unspecified atom stereocenters. The summed E-state index contributed by atoms with van der Waals surface area (Å²) in [5.74, 6) is 0.564. The predicted octanol–water partition coefficient (Wildman–Crippen LogP) is 4.32. The SMILES string of the molecule is N#C/N=C(\Nc1ccc(Cl)c(Cl)c1)Oc1ccccc1. The molecule has 4 nitrogen and oxygen atoms in total. The first kappa shape index (κ1) is 14.2. The van der Waals surface area contributed by atoms with Gasteiger partial charge in [-0.25, -0.2) is 0 Å². The molecule has 2 aromatic rings. The van der Waals surface area contributed by atoms with Gasteiger partial charge in [0.2, 0.25) is 6.19 Å². The molecule has 100 valence electrons. The van der Waals surface area contributed by atoms with Crippen molar-refractivity contribution in [2.45, 2.75) is 0 Å². The number of ether oxygens (including phenoxy) is 1. The Morgan fingerprint density at radius 3 is 2.50 bits per heavy atom. The van der Waals surface area contributed by atoms with Crippen LogP contribution in [0.15, 0.2) is 53.5 Å². The zero-order valence-corrected chi connectivity index (χ0v) is 11.7. The van der Waals surface area contributed by atoms with Crippen LogP contribution in [-0.4, -0.2) is 6.02 Å². The van der Waals surface area contributed by atoms with Crippen molar-refractivity contribution in [3.63, 3.8) is 0 Å². The fraction of sp³-hybridized carbons (Fsp3) is 0. The molecule has 2 rings (SSSR count). The summed E-state index contributed by atoms with van der Waals surface area (Å²) in [7, 11) is 0. The van der Waals surface area contributed by atoms with Gasteiger partial charge in [0.1, 0.15) is 5.75 Å². The summed E-state index contributed by atoms with van der Waals surface area (Å²) in [5, 5.41) is 12.4. The Morgan fingerprint density at radius 1 is 1.10 bits per heavy atom. The zero-order chi connectivity index (χ0) is 14.4. The van der Waals surface area contributed by atoms with Crippen molar-refractivity contribution in [2.24, 2.45) is 4.99 Å². The van der Waals surface area contributed by atoms with E-state index >= 15 is 0 Å². The van der Waals surface area contributed by atoms with Crippen molar-refractivity contribution in [1.82, 2.24) is 0 Å². The zero-order valence-electron chi connectivity index (χ0n) is 10.2. The van der Waals surface area contributed by atoms with Crippen molar-refractivity contribution < 1.29 is 4.74 Å². The lowest BCUT2D eigenvalue weighted by Crippen LogP contribution is -2.19. The van der Waals surface area contributed by atoms with Gasteiger partial charge in [0.15, 0.2) is 0 Å². The average Bonchev–Trinajstić information content (AvgIpc) is 2.44. The first-order valence-corrected chi connectivity index (χ1v) is 6.36. The summed E-state index contributed by atoms with van der Waals surface area (Å²) < 4.78 is 5.47. The minimum absolute atomic E-state index is 0.0529. The summed E-state index contributed by atoms with van der Waals surface area (Å²) in [6.45, 7) is 0. The normalized spacial score (nSPS) is 10.8. The number of hydrogen-bond acceptors (Lipinski definition) is 3. The molecule has 0 heterocycles. The van der Waals surface area contributed by atoms with Crippen LogP contribution in [0, 0.1) is 11.5 Å². The predicted molar refractivity (Wildman–Crippen MR) is 80.2 cm³/mol. The van der Waals surface area contributed by atoms with E-state index in [0.29, 0.717) is 21.5 Å². The Bertz CT molecular complexity index is 666. The van der Waals surface area contributed by atoms with E-state index in [9.17, 15) is 0 Å². The number of nitrogens with zero attached hydrogens (tertiary/aromatic N) is 2. The summed E-state index contributed by atoms with van der Waals surface area (Å²) in [5.41, 5.74) is 0.615. The standard InChI is InChI=1S/C14H9Cl2N3O/c15-12-7-6-10(8-13(12)16)19-14(18-9-17)20-11-4-2-1-3-5-11/h1-8H,(H,18,19). The third-order valence-electron chi connectivity index (χ3n) is 2.28. The Balaban J connectivity index is 2.16. The lowest BCUT2D eigenvalue weighted by Gasteiger charge is -2.10. The van der Waals surface area contributed by atoms with Crippen LogP contribution in [0.3, 0.4) is 0 Å². The molecule has 0 saturated heterocycles. The third kappa shape index (κ3) is 3.89. The summed E-state index contributed by atoms with van der Waals surface area (Å²) in [6, 6.07) is 14.0. The minimum atomic E-state index is 0.0529. The van der Waals surface area contributed by atoms with Crippen LogP contribution in [0.2, 0.25) is 10.0 Å². The van der Waals surface area contributed by atoms with Crippen molar-refractivity contribution in [1.29, 1.82) is 5.26 Å². The molecule has 0 aromatic heterocycles. The van der Waals surface area contributed by atoms with Crippen molar-refractivity contribution >= 4 is 34.9 Å². The quantitative estimate of drug-likeness (QED) is 0.510. The maximum atomic E-state index is 8.69. The monoisotopic (exact) mass is 305 g/mol. The number of halogens is 2. The maximum Gasteiger partial charge on any atom is 0.310 e. The number of aliphatic imine (C=N–C) groups is 1. The Kier molecular flexibility index (Phi) is 4.83. The number of hydrogen-bond donors (Lipinski definition) is 1. The van der Waals surface area contributed by atoms with Gasteiger partial charge in [-0.3, -0.25) is 0 Å². The smallest absolute Gasteiger partial charge is 0.310 e. The highest BCUT2D eigenvalue weighted by atomic mass is 35.5.